The standard InChI is InChI=1S/C11H24N2O3/c1-2-3-4-5-9(7-14)6-10(8-15)13-11(12)16/h9-10,14-15H,2-8H2,1H3,(H3,12,13,16). The number of rotatable bonds is 9. The molecule has 0 rings (SSSR count). The normalized spacial score (nSPS) is 14.4. The lowest BCUT2D eigenvalue weighted by atomic mass is 9.95. The fraction of sp³-hybridized carbons (Fsp3) is 0.909. The summed E-state index contributed by atoms with van der Waals surface area (Å²) in [4.78, 5) is 10.6. The highest BCUT2D eigenvalue weighted by Crippen LogP contribution is 2.15. The van der Waals surface area contributed by atoms with Crippen molar-refractivity contribution in [1.82, 2.24) is 5.32 Å². The van der Waals surface area contributed by atoms with Crippen molar-refractivity contribution in [3.05, 3.63) is 0 Å². The number of primary amides is 1. The maximum atomic E-state index is 10.6. The minimum atomic E-state index is -0.635. The zero-order valence-corrected chi connectivity index (χ0v) is 9.98. The Labute approximate surface area is 97.0 Å². The number of carbonyl (C=O) groups excluding carboxylic acids is 1. The Morgan fingerprint density at radius 2 is 2.00 bits per heavy atom. The van der Waals surface area contributed by atoms with Crippen molar-refractivity contribution >= 4 is 6.03 Å². The van der Waals surface area contributed by atoms with Gasteiger partial charge in [0.05, 0.1) is 12.6 Å². The molecule has 0 heterocycles. The minimum absolute atomic E-state index is 0.0840. The highest BCUT2D eigenvalue weighted by molar-refractivity contribution is 5.71. The van der Waals surface area contributed by atoms with Crippen molar-refractivity contribution < 1.29 is 15.0 Å². The average molecular weight is 232 g/mol. The van der Waals surface area contributed by atoms with Crippen LogP contribution in [-0.2, 0) is 0 Å². The number of hydrogen-bond acceptors (Lipinski definition) is 3. The van der Waals surface area contributed by atoms with Crippen molar-refractivity contribution in [2.75, 3.05) is 13.2 Å². The summed E-state index contributed by atoms with van der Waals surface area (Å²) in [7, 11) is 0. The molecule has 0 aromatic heterocycles. The Morgan fingerprint density at radius 1 is 1.31 bits per heavy atom. The van der Waals surface area contributed by atoms with Gasteiger partial charge in [0.25, 0.3) is 0 Å². The summed E-state index contributed by atoms with van der Waals surface area (Å²) in [6.07, 6.45) is 4.84. The van der Waals surface area contributed by atoms with Gasteiger partial charge in [-0.05, 0) is 18.8 Å². The maximum absolute atomic E-state index is 10.6. The van der Waals surface area contributed by atoms with Crippen LogP contribution in [-0.4, -0.2) is 35.5 Å². The molecule has 0 aliphatic rings. The molecule has 0 saturated heterocycles. The first-order valence-corrected chi connectivity index (χ1v) is 5.91. The summed E-state index contributed by atoms with van der Waals surface area (Å²) in [6.45, 7) is 2.06. The first-order valence-electron chi connectivity index (χ1n) is 5.91. The number of carbonyl (C=O) groups is 1. The van der Waals surface area contributed by atoms with Crippen LogP contribution in [0.1, 0.15) is 39.0 Å². The number of amides is 2. The molecule has 0 radical (unpaired) electrons. The van der Waals surface area contributed by atoms with E-state index in [-0.39, 0.29) is 25.2 Å². The molecule has 2 unspecified atom stereocenters. The monoisotopic (exact) mass is 232 g/mol. The summed E-state index contributed by atoms with van der Waals surface area (Å²) < 4.78 is 0. The van der Waals surface area contributed by atoms with Gasteiger partial charge in [0, 0.05) is 6.61 Å². The molecule has 5 N–H and O–H groups in total. The largest absolute Gasteiger partial charge is 0.396 e. The molecule has 0 fully saturated rings. The number of nitrogens with one attached hydrogen (secondary N) is 1. The molecule has 0 aromatic rings. The summed E-state index contributed by atoms with van der Waals surface area (Å²) >= 11 is 0. The summed E-state index contributed by atoms with van der Waals surface area (Å²) in [5.74, 6) is 0.121. The van der Waals surface area contributed by atoms with Crippen molar-refractivity contribution in [3.8, 4) is 0 Å². The van der Waals surface area contributed by atoms with Crippen LogP contribution in [0.3, 0.4) is 0 Å². The number of hydrogen-bond donors (Lipinski definition) is 4. The topological polar surface area (TPSA) is 95.6 Å². The molecule has 0 aromatic carbocycles. The van der Waals surface area contributed by atoms with Crippen LogP contribution in [0.15, 0.2) is 0 Å². The second-order valence-electron chi connectivity index (χ2n) is 4.17. The van der Waals surface area contributed by atoms with E-state index in [4.69, 9.17) is 10.8 Å². The lowest BCUT2D eigenvalue weighted by molar-refractivity contribution is 0.167. The SMILES string of the molecule is CCCCCC(CO)CC(CO)NC(N)=O. The zero-order chi connectivity index (χ0) is 12.4. The molecule has 0 aliphatic carbocycles. The third kappa shape index (κ3) is 7.48. The smallest absolute Gasteiger partial charge is 0.312 e. The lowest BCUT2D eigenvalue weighted by Crippen LogP contribution is -2.42. The molecule has 96 valence electrons. The third-order valence-corrected chi connectivity index (χ3v) is 2.66. The van der Waals surface area contributed by atoms with Crippen LogP contribution in [0.4, 0.5) is 4.79 Å². The van der Waals surface area contributed by atoms with Gasteiger partial charge in [0.15, 0.2) is 0 Å². The van der Waals surface area contributed by atoms with Gasteiger partial charge in [0.2, 0.25) is 0 Å². The van der Waals surface area contributed by atoms with E-state index in [1.165, 1.54) is 0 Å². The van der Waals surface area contributed by atoms with Crippen LogP contribution < -0.4 is 11.1 Å². The van der Waals surface area contributed by atoms with Gasteiger partial charge >= 0.3 is 6.03 Å². The quantitative estimate of drug-likeness (QED) is 0.438. The maximum Gasteiger partial charge on any atom is 0.312 e. The first-order chi connectivity index (χ1) is 7.63. The average Bonchev–Trinajstić information content (AvgIpc) is 2.26. The Hall–Kier alpha value is -0.810. The summed E-state index contributed by atoms with van der Waals surface area (Å²) in [5, 5.41) is 20.7. The molecule has 0 saturated carbocycles. The predicted octanol–water partition coefficient (Wildman–Crippen LogP) is 0.595. The molecule has 2 atom stereocenters. The summed E-state index contributed by atoms with van der Waals surface area (Å²) in [5.41, 5.74) is 4.98. The van der Waals surface area contributed by atoms with E-state index in [1.54, 1.807) is 0 Å². The van der Waals surface area contributed by atoms with Crippen molar-refractivity contribution in [1.29, 1.82) is 0 Å². The van der Waals surface area contributed by atoms with Gasteiger partial charge in [-0.2, -0.15) is 0 Å². The molecule has 2 amide bonds. The number of unbranched alkanes of at least 4 members (excludes halogenated alkanes) is 2. The highest BCUT2D eigenvalue weighted by atomic mass is 16.3. The number of nitrogens with two attached hydrogens (primary N) is 1. The zero-order valence-electron chi connectivity index (χ0n) is 9.98. The molecule has 5 nitrogen and oxygen atoms in total. The Balaban J connectivity index is 3.91. The predicted molar refractivity (Wildman–Crippen MR) is 62.9 cm³/mol. The van der Waals surface area contributed by atoms with E-state index >= 15 is 0 Å². The Morgan fingerprint density at radius 3 is 2.44 bits per heavy atom. The number of aliphatic hydroxyl groups is 2. The van der Waals surface area contributed by atoms with Gasteiger partial charge in [0.1, 0.15) is 0 Å². The van der Waals surface area contributed by atoms with E-state index in [9.17, 15) is 9.90 Å². The molecule has 5 heteroatoms. The Bertz CT molecular complexity index is 188. The molecule has 16 heavy (non-hydrogen) atoms. The van der Waals surface area contributed by atoms with Crippen molar-refractivity contribution in [3.63, 3.8) is 0 Å². The fourth-order valence-corrected chi connectivity index (χ4v) is 1.75. The van der Waals surface area contributed by atoms with Crippen LogP contribution in [0.25, 0.3) is 0 Å². The number of urea groups is 1. The molecule has 0 aliphatic heterocycles. The van der Waals surface area contributed by atoms with Gasteiger partial charge in [-0.15, -0.1) is 0 Å². The van der Waals surface area contributed by atoms with E-state index in [0.717, 1.165) is 25.7 Å². The van der Waals surface area contributed by atoms with Crippen molar-refractivity contribution in [2.45, 2.75) is 45.1 Å². The number of aliphatic hydroxyl groups excluding tert-OH is 2. The molecule has 0 bridgehead atoms. The fourth-order valence-electron chi connectivity index (χ4n) is 1.75. The van der Waals surface area contributed by atoms with Crippen LogP contribution >= 0.6 is 0 Å². The van der Waals surface area contributed by atoms with E-state index in [2.05, 4.69) is 12.2 Å². The van der Waals surface area contributed by atoms with Crippen LogP contribution in [0.5, 0.6) is 0 Å². The molecular weight excluding hydrogens is 208 g/mol. The van der Waals surface area contributed by atoms with Gasteiger partial charge in [-0.25, -0.2) is 4.79 Å². The molecule has 0 spiro atoms. The highest BCUT2D eigenvalue weighted by Gasteiger charge is 2.16. The Kier molecular flexibility index (Phi) is 8.94. The van der Waals surface area contributed by atoms with Gasteiger partial charge in [-0.3, -0.25) is 0 Å². The van der Waals surface area contributed by atoms with Crippen LogP contribution in [0.2, 0.25) is 0 Å². The molecular formula is C11H24N2O3. The van der Waals surface area contributed by atoms with Gasteiger partial charge < -0.3 is 21.3 Å². The first kappa shape index (κ1) is 15.2. The third-order valence-electron chi connectivity index (χ3n) is 2.66. The van der Waals surface area contributed by atoms with Crippen LogP contribution in [0, 0.1) is 5.92 Å². The second-order valence-corrected chi connectivity index (χ2v) is 4.17. The van der Waals surface area contributed by atoms with Gasteiger partial charge in [-0.1, -0.05) is 26.2 Å². The van der Waals surface area contributed by atoms with E-state index < -0.39 is 6.03 Å². The van der Waals surface area contributed by atoms with Crippen molar-refractivity contribution in [2.24, 2.45) is 11.7 Å². The minimum Gasteiger partial charge on any atom is -0.396 e. The van der Waals surface area contributed by atoms with E-state index in [1.807, 2.05) is 0 Å². The second kappa shape index (κ2) is 9.42. The van der Waals surface area contributed by atoms with E-state index in [0.29, 0.717) is 6.42 Å². The summed E-state index contributed by atoms with van der Waals surface area (Å²) in [6, 6.07) is -0.986. The lowest BCUT2D eigenvalue weighted by Gasteiger charge is -2.20.